The van der Waals surface area contributed by atoms with Crippen LogP contribution in [0.5, 0.6) is 11.5 Å². The number of hydrogen-bond donors (Lipinski definition) is 1. The summed E-state index contributed by atoms with van der Waals surface area (Å²) in [4.78, 5) is 35.8. The molecule has 0 atom stereocenters. The number of thiophene rings is 1. The Morgan fingerprint density at radius 3 is 2.85 bits per heavy atom. The van der Waals surface area contributed by atoms with Crippen LogP contribution in [0.4, 0.5) is 15.9 Å². The van der Waals surface area contributed by atoms with Crippen LogP contribution >= 0.6 is 11.3 Å². The molecule has 0 unspecified atom stereocenters. The van der Waals surface area contributed by atoms with Crippen LogP contribution in [0.3, 0.4) is 0 Å². The molecule has 2 aromatic heterocycles. The minimum atomic E-state index is -0.966. The van der Waals surface area contributed by atoms with Crippen LogP contribution in [0.25, 0.3) is 10.6 Å². The summed E-state index contributed by atoms with van der Waals surface area (Å²) in [5.74, 6) is 0.793. The van der Waals surface area contributed by atoms with Crippen molar-refractivity contribution >= 4 is 34.7 Å². The Bertz CT molecular complexity index is 1200. The number of amides is 1. The van der Waals surface area contributed by atoms with Gasteiger partial charge in [0.1, 0.15) is 23.6 Å². The second-order valence-electron chi connectivity index (χ2n) is 7.18. The van der Waals surface area contributed by atoms with E-state index in [1.165, 1.54) is 24.8 Å². The number of para-hydroxylation sites is 1. The minimum absolute atomic E-state index is 0.0764. The van der Waals surface area contributed by atoms with Crippen molar-refractivity contribution in [2.75, 3.05) is 43.9 Å². The van der Waals surface area contributed by atoms with Gasteiger partial charge in [-0.2, -0.15) is 0 Å². The minimum Gasteiger partial charge on any atom is -0.492 e. The van der Waals surface area contributed by atoms with Crippen molar-refractivity contribution in [2.24, 2.45) is 0 Å². The van der Waals surface area contributed by atoms with Crippen LogP contribution in [0.15, 0.2) is 36.7 Å². The second kappa shape index (κ2) is 10.5. The van der Waals surface area contributed by atoms with E-state index in [1.54, 1.807) is 29.2 Å². The molecule has 11 heteroatoms. The standard InChI is InChI=1S/C23H23FN4O5S/c1-3-32-17-11-18(34-22(17)23(30)31-2)15-10-19(27-13-26-15)25-7-8-28-20(29)9-14-5-4-6-16(21(14)28)33-12-24/h4-6,10-11,13H,3,7-9,12H2,1-2H3,(H,25,26,27). The molecule has 0 bridgehead atoms. The van der Waals surface area contributed by atoms with E-state index >= 15 is 0 Å². The predicted octanol–water partition coefficient (Wildman–Crippen LogP) is 3.70. The number of ether oxygens (including phenoxy) is 3. The highest BCUT2D eigenvalue weighted by molar-refractivity contribution is 7.17. The van der Waals surface area contributed by atoms with Gasteiger partial charge in [0.05, 0.1) is 36.4 Å². The molecule has 3 aromatic rings. The van der Waals surface area contributed by atoms with Crippen molar-refractivity contribution in [3.05, 3.63) is 47.1 Å². The molecule has 0 spiro atoms. The Morgan fingerprint density at radius 2 is 2.09 bits per heavy atom. The Morgan fingerprint density at radius 1 is 1.24 bits per heavy atom. The zero-order valence-electron chi connectivity index (χ0n) is 18.7. The summed E-state index contributed by atoms with van der Waals surface area (Å²) < 4.78 is 28.2. The molecule has 178 valence electrons. The molecule has 0 radical (unpaired) electrons. The molecule has 1 N–H and O–H groups in total. The summed E-state index contributed by atoms with van der Waals surface area (Å²) >= 11 is 1.22. The molecule has 3 heterocycles. The van der Waals surface area contributed by atoms with E-state index in [9.17, 15) is 14.0 Å². The number of methoxy groups -OCH3 is 1. The molecular weight excluding hydrogens is 463 g/mol. The van der Waals surface area contributed by atoms with Gasteiger partial charge in [-0.3, -0.25) is 4.79 Å². The van der Waals surface area contributed by atoms with E-state index in [2.05, 4.69) is 15.3 Å². The average molecular weight is 487 g/mol. The number of carbonyl (C=O) groups excluding carboxylic acids is 2. The Balaban J connectivity index is 1.47. The zero-order valence-corrected chi connectivity index (χ0v) is 19.5. The lowest BCUT2D eigenvalue weighted by Crippen LogP contribution is -2.32. The van der Waals surface area contributed by atoms with Gasteiger partial charge in [0.25, 0.3) is 0 Å². The van der Waals surface area contributed by atoms with E-state index in [4.69, 9.17) is 14.2 Å². The lowest BCUT2D eigenvalue weighted by Gasteiger charge is -2.20. The van der Waals surface area contributed by atoms with Gasteiger partial charge in [0.2, 0.25) is 12.8 Å². The van der Waals surface area contributed by atoms with Gasteiger partial charge in [0, 0.05) is 25.2 Å². The second-order valence-corrected chi connectivity index (χ2v) is 8.24. The van der Waals surface area contributed by atoms with Crippen molar-refractivity contribution in [3.8, 4) is 22.1 Å². The van der Waals surface area contributed by atoms with Crippen LogP contribution in [0, 0.1) is 0 Å². The maximum Gasteiger partial charge on any atom is 0.351 e. The van der Waals surface area contributed by atoms with E-state index in [1.807, 2.05) is 13.0 Å². The quantitative estimate of drug-likeness (QED) is 0.433. The monoisotopic (exact) mass is 486 g/mol. The normalized spacial score (nSPS) is 12.4. The Hall–Kier alpha value is -3.73. The summed E-state index contributed by atoms with van der Waals surface area (Å²) in [6.07, 6.45) is 1.67. The molecule has 0 fully saturated rings. The smallest absolute Gasteiger partial charge is 0.351 e. The first-order chi connectivity index (χ1) is 16.5. The molecule has 4 rings (SSSR count). The molecule has 0 saturated heterocycles. The predicted molar refractivity (Wildman–Crippen MR) is 125 cm³/mol. The van der Waals surface area contributed by atoms with E-state index in [0.29, 0.717) is 53.3 Å². The van der Waals surface area contributed by atoms with Crippen molar-refractivity contribution in [3.63, 3.8) is 0 Å². The van der Waals surface area contributed by atoms with Crippen molar-refractivity contribution in [1.29, 1.82) is 0 Å². The number of esters is 1. The summed E-state index contributed by atoms with van der Waals surface area (Å²) in [6.45, 7) is 2.02. The van der Waals surface area contributed by atoms with Crippen LogP contribution in [-0.4, -0.2) is 55.5 Å². The number of alkyl halides is 1. The van der Waals surface area contributed by atoms with E-state index in [0.717, 1.165) is 10.4 Å². The van der Waals surface area contributed by atoms with Gasteiger partial charge < -0.3 is 24.4 Å². The third-order valence-electron chi connectivity index (χ3n) is 5.13. The van der Waals surface area contributed by atoms with Crippen LogP contribution < -0.4 is 19.7 Å². The number of aromatic nitrogens is 2. The first-order valence-corrected chi connectivity index (χ1v) is 11.4. The molecule has 1 amide bonds. The molecule has 1 aromatic carbocycles. The number of anilines is 2. The number of nitrogens with one attached hydrogen (secondary N) is 1. The summed E-state index contributed by atoms with van der Waals surface area (Å²) in [6, 6.07) is 8.73. The number of nitrogens with zero attached hydrogens (tertiary/aromatic N) is 3. The fourth-order valence-electron chi connectivity index (χ4n) is 3.69. The van der Waals surface area contributed by atoms with Crippen LogP contribution in [0.1, 0.15) is 22.2 Å². The summed E-state index contributed by atoms with van der Waals surface area (Å²) in [5.41, 5.74) is 2.03. The number of halogens is 1. The third-order valence-corrected chi connectivity index (χ3v) is 6.25. The molecule has 34 heavy (non-hydrogen) atoms. The van der Waals surface area contributed by atoms with Crippen molar-refractivity contribution < 1.29 is 28.2 Å². The number of hydrogen-bond acceptors (Lipinski definition) is 9. The van der Waals surface area contributed by atoms with Crippen LogP contribution in [-0.2, 0) is 16.0 Å². The molecule has 1 aliphatic heterocycles. The lowest BCUT2D eigenvalue weighted by atomic mass is 10.1. The van der Waals surface area contributed by atoms with Gasteiger partial charge in [-0.1, -0.05) is 12.1 Å². The number of fused-ring (bicyclic) bond motifs is 1. The van der Waals surface area contributed by atoms with Gasteiger partial charge in [-0.25, -0.2) is 19.2 Å². The third kappa shape index (κ3) is 4.79. The SMILES string of the molecule is CCOc1cc(-c2cc(NCCN3C(=O)Cc4cccc(OCF)c43)ncn2)sc1C(=O)OC. The highest BCUT2D eigenvalue weighted by Gasteiger charge is 2.30. The summed E-state index contributed by atoms with van der Waals surface area (Å²) in [5, 5.41) is 3.19. The molecule has 1 aliphatic rings. The first-order valence-electron chi connectivity index (χ1n) is 10.6. The number of rotatable bonds is 10. The molecule has 9 nitrogen and oxygen atoms in total. The number of benzene rings is 1. The van der Waals surface area contributed by atoms with E-state index in [-0.39, 0.29) is 12.3 Å². The van der Waals surface area contributed by atoms with Crippen molar-refractivity contribution in [1.82, 2.24) is 9.97 Å². The van der Waals surface area contributed by atoms with Gasteiger partial charge in [-0.05, 0) is 18.6 Å². The lowest BCUT2D eigenvalue weighted by molar-refractivity contribution is -0.117. The van der Waals surface area contributed by atoms with E-state index < -0.39 is 12.8 Å². The zero-order chi connectivity index (χ0) is 24.1. The number of carbonyl (C=O) groups is 2. The van der Waals surface area contributed by atoms with Crippen LogP contribution in [0.2, 0.25) is 0 Å². The van der Waals surface area contributed by atoms with Crippen molar-refractivity contribution in [2.45, 2.75) is 13.3 Å². The van der Waals surface area contributed by atoms with Gasteiger partial charge in [0.15, 0.2) is 4.88 Å². The first kappa shape index (κ1) is 23.4. The summed E-state index contributed by atoms with van der Waals surface area (Å²) in [7, 11) is 1.32. The largest absolute Gasteiger partial charge is 0.492 e. The van der Waals surface area contributed by atoms with Gasteiger partial charge >= 0.3 is 5.97 Å². The molecule has 0 aliphatic carbocycles. The Kier molecular flexibility index (Phi) is 7.21. The highest BCUT2D eigenvalue weighted by atomic mass is 32.1. The highest BCUT2D eigenvalue weighted by Crippen LogP contribution is 2.38. The fourth-order valence-corrected chi connectivity index (χ4v) is 4.68. The molecular formula is C23H23FN4O5S. The maximum atomic E-state index is 12.8. The average Bonchev–Trinajstić information content (AvgIpc) is 3.41. The Labute approximate surface area is 199 Å². The van der Waals surface area contributed by atoms with Gasteiger partial charge in [-0.15, -0.1) is 11.3 Å². The topological polar surface area (TPSA) is 103 Å². The molecule has 0 saturated carbocycles. The fraction of sp³-hybridized carbons (Fsp3) is 0.304. The maximum absolute atomic E-state index is 12.8.